The van der Waals surface area contributed by atoms with Gasteiger partial charge in [0.2, 0.25) is 5.91 Å². The molecule has 0 atom stereocenters. The Morgan fingerprint density at radius 3 is 2.67 bits per heavy atom. The van der Waals surface area contributed by atoms with Gasteiger partial charge in [0.25, 0.3) is 0 Å². The van der Waals surface area contributed by atoms with E-state index in [1.54, 1.807) is 7.11 Å². The number of nitrogens with zero attached hydrogens (tertiary/aromatic N) is 1. The Morgan fingerprint density at radius 2 is 1.96 bits per heavy atom. The first-order valence-corrected chi connectivity index (χ1v) is 8.61. The molecule has 0 radical (unpaired) electrons. The minimum atomic E-state index is -0.418. The Morgan fingerprint density at radius 1 is 1.25 bits per heavy atom. The summed E-state index contributed by atoms with van der Waals surface area (Å²) in [6.45, 7) is 4.12. The summed E-state index contributed by atoms with van der Waals surface area (Å²) in [5, 5.41) is 3.32. The third-order valence-electron chi connectivity index (χ3n) is 4.72. The van der Waals surface area contributed by atoms with Crippen LogP contribution in [0.3, 0.4) is 0 Å². The van der Waals surface area contributed by atoms with Crippen molar-refractivity contribution in [3.63, 3.8) is 0 Å². The molecular weight excluding hydrogens is 308 g/mol. The molecule has 2 fully saturated rings. The average Bonchev–Trinajstić information content (AvgIpc) is 3.07. The van der Waals surface area contributed by atoms with E-state index in [2.05, 4.69) is 5.32 Å². The van der Waals surface area contributed by atoms with Crippen LogP contribution < -0.4 is 10.1 Å². The zero-order valence-electron chi connectivity index (χ0n) is 14.3. The highest BCUT2D eigenvalue weighted by Gasteiger charge is 2.40. The number of para-hydroxylation sites is 1. The van der Waals surface area contributed by atoms with Crippen LogP contribution in [0.4, 0.5) is 0 Å². The maximum absolute atomic E-state index is 12.3. The molecular formula is C18H26N2O4. The number of methoxy groups -OCH3 is 1. The van der Waals surface area contributed by atoms with E-state index >= 15 is 0 Å². The first kappa shape index (κ1) is 17.2. The molecule has 6 nitrogen and oxygen atoms in total. The second kappa shape index (κ2) is 7.96. The van der Waals surface area contributed by atoms with Crippen LogP contribution in [0.5, 0.6) is 5.75 Å². The Kier molecular flexibility index (Phi) is 5.71. The van der Waals surface area contributed by atoms with Crippen LogP contribution in [0.1, 0.15) is 24.8 Å². The number of carbonyl (C=O) groups excluding carboxylic acids is 1. The molecule has 1 spiro atoms. The topological polar surface area (TPSA) is 60.0 Å². The van der Waals surface area contributed by atoms with Crippen molar-refractivity contribution in [1.82, 2.24) is 10.2 Å². The largest absolute Gasteiger partial charge is 0.496 e. The minimum absolute atomic E-state index is 0.190. The standard InChI is InChI=1S/C18H26N2O4/c1-22-16-5-3-2-4-15(16)14-19-9-6-17(21)20-10-7-18(8-11-20)23-12-13-24-18/h2-5,19H,6-14H2,1H3. The van der Waals surface area contributed by atoms with E-state index < -0.39 is 5.79 Å². The minimum Gasteiger partial charge on any atom is -0.496 e. The lowest BCUT2D eigenvalue weighted by molar-refractivity contribution is -0.187. The number of hydrogen-bond acceptors (Lipinski definition) is 5. The monoisotopic (exact) mass is 334 g/mol. The number of amides is 1. The van der Waals surface area contributed by atoms with Crippen LogP contribution >= 0.6 is 0 Å². The lowest BCUT2D eigenvalue weighted by Gasteiger charge is -2.37. The van der Waals surface area contributed by atoms with Crippen molar-refractivity contribution in [2.45, 2.75) is 31.6 Å². The van der Waals surface area contributed by atoms with Gasteiger partial charge in [0.1, 0.15) is 5.75 Å². The van der Waals surface area contributed by atoms with Gasteiger partial charge in [0.05, 0.1) is 20.3 Å². The van der Waals surface area contributed by atoms with Gasteiger partial charge in [-0.2, -0.15) is 0 Å². The number of hydrogen-bond donors (Lipinski definition) is 1. The lowest BCUT2D eigenvalue weighted by Crippen LogP contribution is -2.47. The fourth-order valence-corrected chi connectivity index (χ4v) is 3.31. The number of likely N-dealkylation sites (tertiary alicyclic amines) is 1. The number of ether oxygens (including phenoxy) is 3. The van der Waals surface area contributed by atoms with Crippen LogP contribution in [-0.4, -0.2) is 56.6 Å². The first-order chi connectivity index (χ1) is 11.7. The molecule has 0 aromatic heterocycles. The van der Waals surface area contributed by atoms with Crippen molar-refractivity contribution in [2.24, 2.45) is 0 Å². The van der Waals surface area contributed by atoms with Gasteiger partial charge in [-0.15, -0.1) is 0 Å². The molecule has 132 valence electrons. The predicted molar refractivity (Wildman–Crippen MR) is 89.8 cm³/mol. The van der Waals surface area contributed by atoms with Gasteiger partial charge in [-0.1, -0.05) is 18.2 Å². The Balaban J connectivity index is 1.37. The van der Waals surface area contributed by atoms with Crippen molar-refractivity contribution in [3.8, 4) is 5.75 Å². The average molecular weight is 334 g/mol. The number of piperidine rings is 1. The molecule has 2 heterocycles. The molecule has 0 bridgehead atoms. The van der Waals surface area contributed by atoms with Crippen LogP contribution in [0.25, 0.3) is 0 Å². The molecule has 0 saturated carbocycles. The molecule has 6 heteroatoms. The second-order valence-corrected chi connectivity index (χ2v) is 6.23. The summed E-state index contributed by atoms with van der Waals surface area (Å²) in [5.74, 6) is 0.642. The Labute approximate surface area is 143 Å². The van der Waals surface area contributed by atoms with Crippen LogP contribution in [-0.2, 0) is 20.8 Å². The van der Waals surface area contributed by atoms with E-state index in [1.807, 2.05) is 29.2 Å². The fourth-order valence-electron chi connectivity index (χ4n) is 3.31. The highest BCUT2D eigenvalue weighted by molar-refractivity contribution is 5.76. The van der Waals surface area contributed by atoms with Gasteiger partial charge in [-0.05, 0) is 6.07 Å². The SMILES string of the molecule is COc1ccccc1CNCCC(=O)N1CCC2(CC1)OCCO2. The normalized spacial score (nSPS) is 19.6. The van der Waals surface area contributed by atoms with Crippen LogP contribution in [0.15, 0.2) is 24.3 Å². The van der Waals surface area contributed by atoms with Gasteiger partial charge in [0, 0.05) is 51.0 Å². The van der Waals surface area contributed by atoms with E-state index in [4.69, 9.17) is 14.2 Å². The molecule has 1 aromatic carbocycles. The van der Waals surface area contributed by atoms with E-state index in [9.17, 15) is 4.79 Å². The predicted octanol–water partition coefficient (Wildman–Crippen LogP) is 1.54. The van der Waals surface area contributed by atoms with Crippen molar-refractivity contribution < 1.29 is 19.0 Å². The number of nitrogens with one attached hydrogen (secondary N) is 1. The van der Waals surface area contributed by atoms with E-state index in [1.165, 1.54) is 0 Å². The Hall–Kier alpha value is -1.63. The highest BCUT2D eigenvalue weighted by Crippen LogP contribution is 2.31. The molecule has 2 aliphatic rings. The summed E-state index contributed by atoms with van der Waals surface area (Å²) in [6.07, 6.45) is 2.05. The molecule has 0 unspecified atom stereocenters. The maximum Gasteiger partial charge on any atom is 0.223 e. The molecule has 1 amide bonds. The van der Waals surface area contributed by atoms with Gasteiger partial charge in [0.15, 0.2) is 5.79 Å². The molecule has 2 aliphatic heterocycles. The second-order valence-electron chi connectivity index (χ2n) is 6.23. The number of carbonyl (C=O) groups is 1. The zero-order chi connectivity index (χ0) is 16.8. The van der Waals surface area contributed by atoms with Crippen molar-refractivity contribution in [1.29, 1.82) is 0 Å². The van der Waals surface area contributed by atoms with E-state index in [-0.39, 0.29) is 5.91 Å². The molecule has 0 aliphatic carbocycles. The van der Waals surface area contributed by atoms with Crippen molar-refractivity contribution in [3.05, 3.63) is 29.8 Å². The van der Waals surface area contributed by atoms with Crippen molar-refractivity contribution >= 4 is 5.91 Å². The van der Waals surface area contributed by atoms with Gasteiger partial charge < -0.3 is 24.4 Å². The summed E-state index contributed by atoms with van der Waals surface area (Å²) in [7, 11) is 1.67. The van der Waals surface area contributed by atoms with E-state index in [0.717, 1.165) is 24.2 Å². The third-order valence-corrected chi connectivity index (χ3v) is 4.72. The molecule has 1 N–H and O–H groups in total. The molecule has 3 rings (SSSR count). The quantitative estimate of drug-likeness (QED) is 0.800. The molecule has 2 saturated heterocycles. The fraction of sp³-hybridized carbons (Fsp3) is 0.611. The lowest BCUT2D eigenvalue weighted by atomic mass is 10.0. The molecule has 1 aromatic rings. The third kappa shape index (κ3) is 4.06. The van der Waals surface area contributed by atoms with Crippen LogP contribution in [0, 0.1) is 0 Å². The summed E-state index contributed by atoms with van der Waals surface area (Å²) in [6, 6.07) is 7.91. The summed E-state index contributed by atoms with van der Waals surface area (Å²) in [5.41, 5.74) is 1.10. The number of rotatable bonds is 6. The summed E-state index contributed by atoms with van der Waals surface area (Å²) < 4.78 is 16.7. The summed E-state index contributed by atoms with van der Waals surface area (Å²) in [4.78, 5) is 14.2. The summed E-state index contributed by atoms with van der Waals surface area (Å²) >= 11 is 0. The smallest absolute Gasteiger partial charge is 0.223 e. The highest BCUT2D eigenvalue weighted by atomic mass is 16.7. The maximum atomic E-state index is 12.3. The van der Waals surface area contributed by atoms with Crippen molar-refractivity contribution in [2.75, 3.05) is 40.0 Å². The number of benzene rings is 1. The Bertz CT molecular complexity index is 548. The van der Waals surface area contributed by atoms with Crippen LogP contribution in [0.2, 0.25) is 0 Å². The molecule has 24 heavy (non-hydrogen) atoms. The van der Waals surface area contributed by atoms with Gasteiger partial charge in [-0.25, -0.2) is 0 Å². The first-order valence-electron chi connectivity index (χ1n) is 8.61. The zero-order valence-corrected chi connectivity index (χ0v) is 14.3. The van der Waals surface area contributed by atoms with Gasteiger partial charge >= 0.3 is 0 Å². The van der Waals surface area contributed by atoms with E-state index in [0.29, 0.717) is 45.8 Å². The van der Waals surface area contributed by atoms with Gasteiger partial charge in [-0.3, -0.25) is 4.79 Å².